The van der Waals surface area contributed by atoms with Gasteiger partial charge in [0, 0.05) is 24.0 Å². The average Bonchev–Trinajstić information content (AvgIpc) is 2.84. The molecule has 3 aromatic carbocycles. The van der Waals surface area contributed by atoms with E-state index in [1.807, 2.05) is 44.2 Å². The van der Waals surface area contributed by atoms with E-state index < -0.39 is 28.5 Å². The fourth-order valence-corrected chi connectivity index (χ4v) is 5.38. The molecule has 0 saturated heterocycles. The molecule has 0 spiro atoms. The zero-order valence-corrected chi connectivity index (χ0v) is 23.8. The SMILES string of the molecule is CC(C)NC(=O)[C@H](Cc1ccccc1)N(Cc1cccc(Cl)c1)C(=O)CN(c1ccccc1Cl)S(C)(=O)=O. The predicted molar refractivity (Wildman–Crippen MR) is 153 cm³/mol. The molecule has 38 heavy (non-hydrogen) atoms. The summed E-state index contributed by atoms with van der Waals surface area (Å²) in [5.41, 5.74) is 1.73. The molecule has 1 atom stereocenters. The Bertz CT molecular complexity index is 1370. The highest BCUT2D eigenvalue weighted by Gasteiger charge is 2.33. The summed E-state index contributed by atoms with van der Waals surface area (Å²) in [7, 11) is -3.89. The Balaban J connectivity index is 2.07. The van der Waals surface area contributed by atoms with Crippen molar-refractivity contribution in [2.24, 2.45) is 0 Å². The van der Waals surface area contributed by atoms with Crippen molar-refractivity contribution in [3.63, 3.8) is 0 Å². The molecular formula is C28H31Cl2N3O4S. The summed E-state index contributed by atoms with van der Waals surface area (Å²) in [5.74, 6) is -0.905. The second-order valence-electron chi connectivity index (χ2n) is 9.24. The van der Waals surface area contributed by atoms with Crippen molar-refractivity contribution in [1.29, 1.82) is 0 Å². The summed E-state index contributed by atoms with van der Waals surface area (Å²) in [6.07, 6.45) is 1.24. The summed E-state index contributed by atoms with van der Waals surface area (Å²) in [6, 6.07) is 21.6. The molecular weight excluding hydrogens is 545 g/mol. The molecule has 0 bridgehead atoms. The first-order chi connectivity index (χ1) is 18.0. The predicted octanol–water partition coefficient (Wildman–Crippen LogP) is 4.92. The van der Waals surface area contributed by atoms with Crippen molar-refractivity contribution >= 4 is 50.7 Å². The number of nitrogens with one attached hydrogen (secondary N) is 1. The third-order valence-corrected chi connectivity index (χ3v) is 7.43. The number of nitrogens with zero attached hydrogens (tertiary/aromatic N) is 2. The van der Waals surface area contributed by atoms with Gasteiger partial charge in [-0.05, 0) is 49.2 Å². The summed E-state index contributed by atoms with van der Waals surface area (Å²) in [4.78, 5) is 28.9. The number of sulfonamides is 1. The van der Waals surface area contributed by atoms with Crippen molar-refractivity contribution < 1.29 is 18.0 Å². The molecule has 7 nitrogen and oxygen atoms in total. The van der Waals surface area contributed by atoms with E-state index in [2.05, 4.69) is 5.32 Å². The van der Waals surface area contributed by atoms with Crippen molar-refractivity contribution in [1.82, 2.24) is 10.2 Å². The first-order valence-electron chi connectivity index (χ1n) is 12.1. The fraction of sp³-hybridized carbons (Fsp3) is 0.286. The Morgan fingerprint density at radius 3 is 2.13 bits per heavy atom. The number of carbonyl (C=O) groups is 2. The van der Waals surface area contributed by atoms with Gasteiger partial charge in [-0.3, -0.25) is 13.9 Å². The highest BCUT2D eigenvalue weighted by molar-refractivity contribution is 7.92. The quantitative estimate of drug-likeness (QED) is 0.351. The maximum Gasteiger partial charge on any atom is 0.244 e. The number of hydrogen-bond acceptors (Lipinski definition) is 4. The number of para-hydroxylation sites is 1. The van der Waals surface area contributed by atoms with E-state index in [0.29, 0.717) is 10.6 Å². The van der Waals surface area contributed by atoms with Crippen LogP contribution in [0.5, 0.6) is 0 Å². The summed E-state index contributed by atoms with van der Waals surface area (Å²) in [6.45, 7) is 3.18. The van der Waals surface area contributed by atoms with E-state index >= 15 is 0 Å². The van der Waals surface area contributed by atoms with Crippen molar-refractivity contribution in [3.05, 3.63) is 100 Å². The molecule has 0 unspecified atom stereocenters. The normalized spacial score (nSPS) is 12.2. The number of amides is 2. The number of benzene rings is 3. The Kier molecular flexibility index (Phi) is 10.2. The van der Waals surface area contributed by atoms with Crippen LogP contribution in [0.3, 0.4) is 0 Å². The molecule has 2 amide bonds. The van der Waals surface area contributed by atoms with Crippen LogP contribution < -0.4 is 9.62 Å². The van der Waals surface area contributed by atoms with Crippen molar-refractivity contribution in [3.8, 4) is 0 Å². The van der Waals surface area contributed by atoms with Crippen LogP contribution in [-0.4, -0.2) is 50.0 Å². The van der Waals surface area contributed by atoms with Crippen LogP contribution in [-0.2, 0) is 32.6 Å². The highest BCUT2D eigenvalue weighted by atomic mass is 35.5. The standard InChI is InChI=1S/C28H31Cl2N3O4S/c1-20(2)31-28(35)26(17-21-10-5-4-6-11-21)32(18-22-12-9-13-23(29)16-22)27(34)19-33(38(3,36)37)25-15-8-7-14-24(25)30/h4-16,20,26H,17-19H2,1-3H3,(H,31,35)/t26-/m0/s1. The lowest BCUT2D eigenvalue weighted by molar-refractivity contribution is -0.140. The van der Waals surface area contributed by atoms with Crippen LogP contribution in [0.25, 0.3) is 0 Å². The van der Waals surface area contributed by atoms with Crippen LogP contribution in [0.15, 0.2) is 78.9 Å². The number of carbonyl (C=O) groups excluding carboxylic acids is 2. The highest BCUT2D eigenvalue weighted by Crippen LogP contribution is 2.28. The second-order valence-corrected chi connectivity index (χ2v) is 12.0. The molecule has 0 radical (unpaired) electrons. The van der Waals surface area contributed by atoms with Crippen LogP contribution in [0.4, 0.5) is 5.69 Å². The van der Waals surface area contributed by atoms with Gasteiger partial charge >= 0.3 is 0 Å². The zero-order chi connectivity index (χ0) is 27.9. The van der Waals surface area contributed by atoms with E-state index in [0.717, 1.165) is 16.1 Å². The minimum absolute atomic E-state index is 0.0442. The van der Waals surface area contributed by atoms with Gasteiger partial charge in [0.1, 0.15) is 12.6 Å². The minimum atomic E-state index is -3.89. The maximum atomic E-state index is 14.0. The van der Waals surface area contributed by atoms with Crippen LogP contribution >= 0.6 is 23.2 Å². The molecule has 3 rings (SSSR count). The molecule has 0 aliphatic rings. The Labute approximate surface area is 234 Å². The largest absolute Gasteiger partial charge is 0.352 e. The summed E-state index contributed by atoms with van der Waals surface area (Å²) < 4.78 is 26.5. The lowest BCUT2D eigenvalue weighted by atomic mass is 10.0. The first-order valence-corrected chi connectivity index (χ1v) is 14.7. The Morgan fingerprint density at radius 2 is 1.53 bits per heavy atom. The van der Waals surface area contributed by atoms with Crippen LogP contribution in [0, 0.1) is 0 Å². The Hall–Kier alpha value is -3.07. The molecule has 1 N–H and O–H groups in total. The maximum absolute atomic E-state index is 14.0. The smallest absolute Gasteiger partial charge is 0.244 e. The molecule has 202 valence electrons. The second kappa shape index (κ2) is 13.1. The molecule has 0 fully saturated rings. The fourth-order valence-electron chi connectivity index (χ4n) is 4.02. The van der Waals surface area contributed by atoms with Crippen LogP contribution in [0.1, 0.15) is 25.0 Å². The minimum Gasteiger partial charge on any atom is -0.352 e. The first kappa shape index (κ1) is 29.5. The number of halogens is 2. The van der Waals surface area contributed by atoms with Crippen molar-refractivity contribution in [2.45, 2.75) is 38.9 Å². The molecule has 0 aliphatic carbocycles. The van der Waals surface area contributed by atoms with Crippen LogP contribution in [0.2, 0.25) is 10.0 Å². The molecule has 0 heterocycles. The number of rotatable bonds is 11. The van der Waals surface area contributed by atoms with Gasteiger partial charge in [-0.25, -0.2) is 8.42 Å². The summed E-state index contributed by atoms with van der Waals surface area (Å²) >= 11 is 12.5. The van der Waals surface area contributed by atoms with E-state index in [4.69, 9.17) is 23.2 Å². The number of hydrogen-bond donors (Lipinski definition) is 1. The molecule has 0 saturated carbocycles. The zero-order valence-electron chi connectivity index (χ0n) is 21.5. The summed E-state index contributed by atoms with van der Waals surface area (Å²) in [5, 5.41) is 3.58. The average molecular weight is 577 g/mol. The van der Waals surface area contributed by atoms with E-state index in [9.17, 15) is 18.0 Å². The lowest BCUT2D eigenvalue weighted by Crippen LogP contribution is -2.54. The molecule has 3 aromatic rings. The van der Waals surface area contributed by atoms with Gasteiger partial charge in [0.05, 0.1) is 17.0 Å². The van der Waals surface area contributed by atoms with E-state index in [-0.39, 0.29) is 35.6 Å². The monoisotopic (exact) mass is 575 g/mol. The van der Waals surface area contributed by atoms with Crippen molar-refractivity contribution in [2.75, 3.05) is 17.1 Å². The molecule has 10 heteroatoms. The molecule has 0 aliphatic heterocycles. The third kappa shape index (κ3) is 8.21. The van der Waals surface area contributed by atoms with Gasteiger partial charge in [0.15, 0.2) is 0 Å². The van der Waals surface area contributed by atoms with Gasteiger partial charge in [-0.15, -0.1) is 0 Å². The lowest BCUT2D eigenvalue weighted by Gasteiger charge is -2.34. The van der Waals surface area contributed by atoms with E-state index in [1.165, 1.54) is 11.0 Å². The van der Waals surface area contributed by atoms with Gasteiger partial charge in [-0.1, -0.05) is 77.8 Å². The van der Waals surface area contributed by atoms with Gasteiger partial charge in [0.2, 0.25) is 21.8 Å². The van der Waals surface area contributed by atoms with Gasteiger partial charge in [-0.2, -0.15) is 0 Å². The topological polar surface area (TPSA) is 86.8 Å². The van der Waals surface area contributed by atoms with Gasteiger partial charge in [0.25, 0.3) is 0 Å². The third-order valence-electron chi connectivity index (χ3n) is 5.74. The Morgan fingerprint density at radius 1 is 0.895 bits per heavy atom. The molecule has 0 aromatic heterocycles. The van der Waals surface area contributed by atoms with E-state index in [1.54, 1.807) is 42.5 Å². The number of anilines is 1. The van der Waals surface area contributed by atoms with Gasteiger partial charge < -0.3 is 10.2 Å².